The lowest BCUT2D eigenvalue weighted by atomic mass is 9.96. The number of hydrogen-bond donors (Lipinski definition) is 1. The van der Waals surface area contributed by atoms with Crippen LogP contribution < -0.4 is 0 Å². The van der Waals surface area contributed by atoms with Gasteiger partial charge in [0.15, 0.2) is 0 Å². The van der Waals surface area contributed by atoms with Gasteiger partial charge in [0.05, 0.1) is 13.2 Å². The average Bonchev–Trinajstić information content (AvgIpc) is 2.56. The first-order chi connectivity index (χ1) is 10.3. The minimum Gasteiger partial charge on any atom is -0.384 e. The summed E-state index contributed by atoms with van der Waals surface area (Å²) in [5.41, 5.74) is 3.12. The van der Waals surface area contributed by atoms with Crippen molar-refractivity contribution in [1.82, 2.24) is 4.90 Å². The van der Waals surface area contributed by atoms with E-state index in [-0.39, 0.29) is 0 Å². The standard InChI is InChI=1S/C18H21NO2/c20-18(15-6-2-1-3-7-15)17-9-5-4-8-16(17)14-19-10-12-21-13-11-19/h1-9,18,20H,10-14H2. The second kappa shape index (κ2) is 6.85. The maximum Gasteiger partial charge on any atom is 0.104 e. The second-order valence-electron chi connectivity index (χ2n) is 5.40. The highest BCUT2D eigenvalue weighted by Crippen LogP contribution is 2.25. The fourth-order valence-corrected chi connectivity index (χ4v) is 2.76. The van der Waals surface area contributed by atoms with Crippen molar-refractivity contribution in [3.63, 3.8) is 0 Å². The summed E-state index contributed by atoms with van der Waals surface area (Å²) in [6, 6.07) is 18.0. The van der Waals surface area contributed by atoms with Crippen molar-refractivity contribution in [3.05, 3.63) is 71.3 Å². The molecule has 3 heteroatoms. The minimum absolute atomic E-state index is 0.566. The molecule has 3 rings (SSSR count). The predicted octanol–water partition coefficient (Wildman–Crippen LogP) is 2.60. The topological polar surface area (TPSA) is 32.7 Å². The van der Waals surface area contributed by atoms with E-state index in [0.717, 1.165) is 44.0 Å². The van der Waals surface area contributed by atoms with Gasteiger partial charge in [0.2, 0.25) is 0 Å². The molecule has 0 bridgehead atoms. The van der Waals surface area contributed by atoms with E-state index in [2.05, 4.69) is 11.0 Å². The summed E-state index contributed by atoms with van der Waals surface area (Å²) < 4.78 is 5.39. The highest BCUT2D eigenvalue weighted by molar-refractivity contribution is 5.35. The van der Waals surface area contributed by atoms with Gasteiger partial charge in [0.1, 0.15) is 6.10 Å². The van der Waals surface area contributed by atoms with E-state index in [9.17, 15) is 5.11 Å². The molecule has 0 radical (unpaired) electrons. The molecule has 3 nitrogen and oxygen atoms in total. The first kappa shape index (κ1) is 14.3. The van der Waals surface area contributed by atoms with Crippen LogP contribution in [0.3, 0.4) is 0 Å². The van der Waals surface area contributed by atoms with E-state index in [0.29, 0.717) is 0 Å². The molecule has 0 saturated carbocycles. The second-order valence-corrected chi connectivity index (χ2v) is 5.40. The lowest BCUT2D eigenvalue weighted by Crippen LogP contribution is -2.36. The smallest absolute Gasteiger partial charge is 0.104 e. The fraction of sp³-hybridized carbons (Fsp3) is 0.333. The lowest BCUT2D eigenvalue weighted by Gasteiger charge is -2.28. The van der Waals surface area contributed by atoms with Crippen molar-refractivity contribution in [2.24, 2.45) is 0 Å². The van der Waals surface area contributed by atoms with Crippen LogP contribution in [0.1, 0.15) is 22.8 Å². The largest absolute Gasteiger partial charge is 0.384 e. The molecule has 0 aromatic heterocycles. The molecule has 0 spiro atoms. The van der Waals surface area contributed by atoms with E-state index >= 15 is 0 Å². The Labute approximate surface area is 125 Å². The number of nitrogens with zero attached hydrogens (tertiary/aromatic N) is 1. The average molecular weight is 283 g/mol. The summed E-state index contributed by atoms with van der Waals surface area (Å²) in [5, 5.41) is 10.7. The molecule has 110 valence electrons. The summed E-state index contributed by atoms with van der Waals surface area (Å²) in [6.45, 7) is 4.36. The molecule has 1 unspecified atom stereocenters. The van der Waals surface area contributed by atoms with Crippen molar-refractivity contribution in [2.45, 2.75) is 12.6 Å². The third-order valence-corrected chi connectivity index (χ3v) is 3.96. The van der Waals surface area contributed by atoms with Crippen LogP contribution in [0.2, 0.25) is 0 Å². The first-order valence-electron chi connectivity index (χ1n) is 7.45. The van der Waals surface area contributed by atoms with E-state index < -0.39 is 6.10 Å². The number of rotatable bonds is 4. The van der Waals surface area contributed by atoms with Gasteiger partial charge in [-0.2, -0.15) is 0 Å². The van der Waals surface area contributed by atoms with Crippen LogP contribution in [0.25, 0.3) is 0 Å². The van der Waals surface area contributed by atoms with Crippen molar-refractivity contribution >= 4 is 0 Å². The van der Waals surface area contributed by atoms with Crippen LogP contribution in [0, 0.1) is 0 Å². The Morgan fingerprint density at radius 2 is 1.62 bits per heavy atom. The maximum absolute atomic E-state index is 10.7. The van der Waals surface area contributed by atoms with E-state index in [1.807, 2.05) is 48.5 Å². The Balaban J connectivity index is 1.81. The van der Waals surface area contributed by atoms with E-state index in [1.165, 1.54) is 5.56 Å². The van der Waals surface area contributed by atoms with Crippen molar-refractivity contribution in [2.75, 3.05) is 26.3 Å². The number of aliphatic hydroxyl groups is 1. The molecule has 2 aromatic carbocycles. The molecular formula is C18H21NO2. The van der Waals surface area contributed by atoms with Gasteiger partial charge in [-0.05, 0) is 16.7 Å². The van der Waals surface area contributed by atoms with Crippen molar-refractivity contribution < 1.29 is 9.84 Å². The van der Waals surface area contributed by atoms with Crippen LogP contribution in [-0.2, 0) is 11.3 Å². The van der Waals surface area contributed by atoms with Crippen LogP contribution in [0.5, 0.6) is 0 Å². The molecule has 0 aliphatic carbocycles. The van der Waals surface area contributed by atoms with Crippen molar-refractivity contribution in [3.8, 4) is 0 Å². The van der Waals surface area contributed by atoms with Crippen LogP contribution >= 0.6 is 0 Å². The number of hydrogen-bond acceptors (Lipinski definition) is 3. The third-order valence-electron chi connectivity index (χ3n) is 3.96. The van der Waals surface area contributed by atoms with Gasteiger partial charge in [-0.25, -0.2) is 0 Å². The van der Waals surface area contributed by atoms with Crippen LogP contribution in [-0.4, -0.2) is 36.3 Å². The van der Waals surface area contributed by atoms with Gasteiger partial charge in [-0.1, -0.05) is 54.6 Å². The number of aliphatic hydroxyl groups excluding tert-OH is 1. The highest BCUT2D eigenvalue weighted by Gasteiger charge is 2.17. The molecule has 2 aromatic rings. The summed E-state index contributed by atoms with van der Waals surface area (Å²) in [7, 11) is 0. The Bertz CT molecular complexity index is 564. The zero-order valence-corrected chi connectivity index (χ0v) is 12.1. The normalized spacial score (nSPS) is 17.6. The Morgan fingerprint density at radius 1 is 0.952 bits per heavy atom. The molecule has 1 fully saturated rings. The summed E-state index contributed by atoms with van der Waals surface area (Å²) in [5.74, 6) is 0. The fourth-order valence-electron chi connectivity index (χ4n) is 2.76. The van der Waals surface area contributed by atoms with Crippen LogP contribution in [0.4, 0.5) is 0 Å². The van der Waals surface area contributed by atoms with E-state index in [1.54, 1.807) is 0 Å². The highest BCUT2D eigenvalue weighted by atomic mass is 16.5. The molecular weight excluding hydrogens is 262 g/mol. The molecule has 21 heavy (non-hydrogen) atoms. The molecule has 1 atom stereocenters. The van der Waals surface area contributed by atoms with Gasteiger partial charge >= 0.3 is 0 Å². The van der Waals surface area contributed by atoms with Crippen molar-refractivity contribution in [1.29, 1.82) is 0 Å². The zero-order valence-electron chi connectivity index (χ0n) is 12.1. The molecule has 1 aliphatic rings. The van der Waals surface area contributed by atoms with Gasteiger partial charge in [-0.3, -0.25) is 4.90 Å². The predicted molar refractivity (Wildman–Crippen MR) is 83.0 cm³/mol. The monoisotopic (exact) mass is 283 g/mol. The Hall–Kier alpha value is -1.68. The molecule has 1 N–H and O–H groups in total. The molecule has 1 heterocycles. The van der Waals surface area contributed by atoms with E-state index in [4.69, 9.17) is 4.74 Å². The summed E-state index contributed by atoms with van der Waals surface area (Å²) in [4.78, 5) is 2.38. The minimum atomic E-state index is -0.566. The number of morpholine rings is 1. The zero-order chi connectivity index (χ0) is 14.5. The number of ether oxygens (including phenoxy) is 1. The summed E-state index contributed by atoms with van der Waals surface area (Å²) in [6.07, 6.45) is -0.566. The lowest BCUT2D eigenvalue weighted by molar-refractivity contribution is 0.0338. The number of benzene rings is 2. The summed E-state index contributed by atoms with van der Waals surface area (Å²) >= 11 is 0. The maximum atomic E-state index is 10.7. The van der Waals surface area contributed by atoms with Gasteiger partial charge in [0, 0.05) is 19.6 Å². The Kier molecular flexibility index (Phi) is 4.65. The first-order valence-corrected chi connectivity index (χ1v) is 7.45. The van der Waals surface area contributed by atoms with Crippen LogP contribution in [0.15, 0.2) is 54.6 Å². The molecule has 1 aliphatic heterocycles. The Morgan fingerprint density at radius 3 is 2.38 bits per heavy atom. The van der Waals surface area contributed by atoms with Gasteiger partial charge < -0.3 is 9.84 Å². The quantitative estimate of drug-likeness (QED) is 0.936. The SMILES string of the molecule is OC(c1ccccc1)c1ccccc1CN1CCOCC1. The third kappa shape index (κ3) is 3.50. The van der Waals surface area contributed by atoms with Gasteiger partial charge in [-0.15, -0.1) is 0 Å². The molecule has 0 amide bonds. The van der Waals surface area contributed by atoms with Gasteiger partial charge in [0.25, 0.3) is 0 Å². The molecule has 1 saturated heterocycles.